The molecule has 6 nitrogen and oxygen atoms in total. The number of ether oxygens (including phenoxy) is 1. The molecule has 0 aliphatic rings. The Kier molecular flexibility index (Phi) is 3.31. The van der Waals surface area contributed by atoms with E-state index in [1.54, 1.807) is 13.4 Å². The van der Waals surface area contributed by atoms with Crippen molar-refractivity contribution in [2.24, 2.45) is 0 Å². The van der Waals surface area contributed by atoms with Gasteiger partial charge >= 0.3 is 0 Å². The van der Waals surface area contributed by atoms with E-state index in [9.17, 15) is 0 Å². The molecule has 0 radical (unpaired) electrons. The van der Waals surface area contributed by atoms with Gasteiger partial charge in [0.1, 0.15) is 11.8 Å². The number of hydrogen-bond acceptors (Lipinski definition) is 5. The van der Waals surface area contributed by atoms with Crippen LogP contribution in [-0.2, 0) is 4.74 Å². The summed E-state index contributed by atoms with van der Waals surface area (Å²) in [6.07, 6.45) is 4.08. The second-order valence-corrected chi connectivity index (χ2v) is 3.53. The Morgan fingerprint density at radius 1 is 1.44 bits per heavy atom. The van der Waals surface area contributed by atoms with Gasteiger partial charge in [0.15, 0.2) is 11.5 Å². The van der Waals surface area contributed by atoms with Gasteiger partial charge in [0.05, 0.1) is 19.0 Å². The van der Waals surface area contributed by atoms with E-state index in [2.05, 4.69) is 32.2 Å². The fraction of sp³-hybridized carbons (Fsp3) is 0.500. The van der Waals surface area contributed by atoms with Crippen LogP contribution >= 0.6 is 0 Å². The largest absolute Gasteiger partial charge is 0.383 e. The molecule has 0 spiro atoms. The second-order valence-electron chi connectivity index (χ2n) is 3.53. The Hall–Kier alpha value is -1.69. The molecule has 86 valence electrons. The molecule has 6 heteroatoms. The average Bonchev–Trinajstić information content (AvgIpc) is 2.77. The molecule has 0 amide bonds. The Morgan fingerprint density at radius 2 is 2.31 bits per heavy atom. The van der Waals surface area contributed by atoms with Gasteiger partial charge in [-0.1, -0.05) is 6.92 Å². The highest BCUT2D eigenvalue weighted by atomic mass is 16.5. The lowest BCUT2D eigenvalue weighted by Gasteiger charge is -2.16. The molecule has 0 saturated carbocycles. The quantitative estimate of drug-likeness (QED) is 0.793. The molecule has 0 fully saturated rings. The zero-order chi connectivity index (χ0) is 11.4. The topological polar surface area (TPSA) is 75.7 Å². The van der Waals surface area contributed by atoms with Gasteiger partial charge in [0.25, 0.3) is 0 Å². The third-order valence-electron chi connectivity index (χ3n) is 2.42. The van der Waals surface area contributed by atoms with Crippen LogP contribution in [0.25, 0.3) is 11.2 Å². The van der Waals surface area contributed by atoms with Crippen molar-refractivity contribution in [2.75, 3.05) is 19.0 Å². The van der Waals surface area contributed by atoms with E-state index in [-0.39, 0.29) is 6.04 Å². The summed E-state index contributed by atoms with van der Waals surface area (Å²) in [7, 11) is 1.69. The van der Waals surface area contributed by atoms with E-state index < -0.39 is 0 Å². The first-order chi connectivity index (χ1) is 7.85. The van der Waals surface area contributed by atoms with Crippen molar-refractivity contribution in [3.8, 4) is 0 Å². The van der Waals surface area contributed by atoms with Gasteiger partial charge in [-0.05, 0) is 6.42 Å². The zero-order valence-electron chi connectivity index (χ0n) is 9.40. The summed E-state index contributed by atoms with van der Waals surface area (Å²) >= 11 is 0. The summed E-state index contributed by atoms with van der Waals surface area (Å²) in [6, 6.07) is 0.242. The number of anilines is 1. The predicted octanol–water partition coefficient (Wildman–Crippen LogP) is 1.19. The Balaban J connectivity index is 2.22. The van der Waals surface area contributed by atoms with Crippen molar-refractivity contribution >= 4 is 17.0 Å². The maximum absolute atomic E-state index is 5.13. The summed E-state index contributed by atoms with van der Waals surface area (Å²) in [5.74, 6) is 0.770. The highest BCUT2D eigenvalue weighted by Crippen LogP contribution is 2.15. The summed E-state index contributed by atoms with van der Waals surface area (Å²) in [6.45, 7) is 2.75. The fourth-order valence-electron chi connectivity index (χ4n) is 1.53. The van der Waals surface area contributed by atoms with Gasteiger partial charge in [-0.25, -0.2) is 15.0 Å². The van der Waals surface area contributed by atoms with Crippen molar-refractivity contribution in [1.82, 2.24) is 19.9 Å². The first-order valence-corrected chi connectivity index (χ1v) is 5.24. The van der Waals surface area contributed by atoms with E-state index in [0.717, 1.165) is 17.8 Å². The molecule has 2 aromatic rings. The van der Waals surface area contributed by atoms with Gasteiger partial charge in [-0.3, -0.25) is 0 Å². The normalized spacial score (nSPS) is 12.9. The van der Waals surface area contributed by atoms with Crippen LogP contribution in [0.5, 0.6) is 0 Å². The minimum Gasteiger partial charge on any atom is -0.383 e. The number of nitrogens with zero attached hydrogens (tertiary/aromatic N) is 3. The molecule has 0 aromatic carbocycles. The SMILES string of the molecule is CCC(COC)Nc1ncnc2nc[nH]c12. The molecule has 0 bridgehead atoms. The number of methoxy groups -OCH3 is 1. The van der Waals surface area contributed by atoms with Crippen LogP contribution in [0, 0.1) is 0 Å². The van der Waals surface area contributed by atoms with Crippen molar-refractivity contribution in [3.05, 3.63) is 12.7 Å². The number of aromatic amines is 1. The molecule has 1 atom stereocenters. The minimum absolute atomic E-state index is 0.242. The van der Waals surface area contributed by atoms with Crippen molar-refractivity contribution in [1.29, 1.82) is 0 Å². The molecule has 2 rings (SSSR count). The first kappa shape index (κ1) is 10.8. The number of H-pyrrole nitrogens is 1. The van der Waals surface area contributed by atoms with Crippen LogP contribution in [0.15, 0.2) is 12.7 Å². The van der Waals surface area contributed by atoms with Crippen LogP contribution in [0.2, 0.25) is 0 Å². The van der Waals surface area contributed by atoms with Crippen LogP contribution in [-0.4, -0.2) is 39.7 Å². The van der Waals surface area contributed by atoms with E-state index in [1.807, 2.05) is 0 Å². The van der Waals surface area contributed by atoms with Crippen molar-refractivity contribution in [2.45, 2.75) is 19.4 Å². The highest BCUT2D eigenvalue weighted by molar-refractivity contribution is 5.82. The summed E-state index contributed by atoms with van der Waals surface area (Å²) in [5.41, 5.74) is 1.50. The number of fused-ring (bicyclic) bond motifs is 1. The molecule has 1 unspecified atom stereocenters. The van der Waals surface area contributed by atoms with Gasteiger partial charge in [0, 0.05) is 7.11 Å². The van der Waals surface area contributed by atoms with Crippen LogP contribution in [0.1, 0.15) is 13.3 Å². The van der Waals surface area contributed by atoms with E-state index in [1.165, 1.54) is 6.33 Å². The number of nitrogens with one attached hydrogen (secondary N) is 2. The number of rotatable bonds is 5. The van der Waals surface area contributed by atoms with E-state index in [4.69, 9.17) is 4.74 Å². The molecular formula is C10H15N5O. The average molecular weight is 221 g/mol. The van der Waals surface area contributed by atoms with Crippen LogP contribution in [0.4, 0.5) is 5.82 Å². The second kappa shape index (κ2) is 4.89. The lowest BCUT2D eigenvalue weighted by Crippen LogP contribution is -2.24. The Bertz CT molecular complexity index is 455. The maximum Gasteiger partial charge on any atom is 0.182 e. The summed E-state index contributed by atoms with van der Waals surface area (Å²) in [5, 5.41) is 3.31. The maximum atomic E-state index is 5.13. The smallest absolute Gasteiger partial charge is 0.182 e. The highest BCUT2D eigenvalue weighted by Gasteiger charge is 2.10. The minimum atomic E-state index is 0.242. The Labute approximate surface area is 93.5 Å². The standard InChI is InChI=1S/C10H15N5O/c1-3-7(4-16-2)15-10-8-9(12-5-11-8)13-6-14-10/h5-7H,3-4H2,1-2H3,(H2,11,12,13,14,15). The van der Waals surface area contributed by atoms with Crippen molar-refractivity contribution in [3.63, 3.8) is 0 Å². The lowest BCUT2D eigenvalue weighted by molar-refractivity contribution is 0.184. The van der Waals surface area contributed by atoms with Crippen LogP contribution < -0.4 is 5.32 Å². The number of imidazole rings is 1. The van der Waals surface area contributed by atoms with Gasteiger partial charge in [-0.2, -0.15) is 0 Å². The zero-order valence-corrected chi connectivity index (χ0v) is 9.40. The fourth-order valence-corrected chi connectivity index (χ4v) is 1.53. The third-order valence-corrected chi connectivity index (χ3v) is 2.42. The van der Waals surface area contributed by atoms with Gasteiger partial charge in [-0.15, -0.1) is 0 Å². The molecular weight excluding hydrogens is 206 g/mol. The number of aromatic nitrogens is 4. The monoisotopic (exact) mass is 221 g/mol. The first-order valence-electron chi connectivity index (χ1n) is 5.24. The number of hydrogen-bond donors (Lipinski definition) is 2. The molecule has 0 aliphatic carbocycles. The van der Waals surface area contributed by atoms with E-state index >= 15 is 0 Å². The van der Waals surface area contributed by atoms with Crippen LogP contribution in [0.3, 0.4) is 0 Å². The lowest BCUT2D eigenvalue weighted by atomic mass is 10.2. The summed E-state index contributed by atoms with van der Waals surface area (Å²) < 4.78 is 5.13. The van der Waals surface area contributed by atoms with Crippen molar-refractivity contribution < 1.29 is 4.74 Å². The Morgan fingerprint density at radius 3 is 3.06 bits per heavy atom. The molecule has 2 heterocycles. The van der Waals surface area contributed by atoms with E-state index in [0.29, 0.717) is 12.3 Å². The van der Waals surface area contributed by atoms with Gasteiger partial charge < -0.3 is 15.0 Å². The molecule has 2 N–H and O–H groups in total. The molecule has 0 saturated heterocycles. The third kappa shape index (κ3) is 2.11. The summed E-state index contributed by atoms with van der Waals surface area (Å²) in [4.78, 5) is 15.4. The molecule has 0 aliphatic heterocycles. The molecule has 2 aromatic heterocycles. The molecule has 16 heavy (non-hydrogen) atoms. The van der Waals surface area contributed by atoms with Gasteiger partial charge in [0.2, 0.25) is 0 Å². The predicted molar refractivity (Wildman–Crippen MR) is 61.3 cm³/mol.